The van der Waals surface area contributed by atoms with E-state index in [2.05, 4.69) is 36.5 Å². The van der Waals surface area contributed by atoms with Crippen LogP contribution in [-0.2, 0) is 13.0 Å². The zero-order chi connectivity index (χ0) is 12.3. The van der Waals surface area contributed by atoms with E-state index in [0.29, 0.717) is 6.61 Å². The number of nitrogens with one attached hydrogen (secondary N) is 1. The van der Waals surface area contributed by atoms with Gasteiger partial charge in [0.05, 0.1) is 0 Å². The standard InChI is InChI=1S/C15H25NO/c1-2-14-9-5-6-10-15(14)13-16-11-7-3-4-8-12-17/h5-6,9-10,16-17H,2-4,7-8,11-13H2,1H3. The Morgan fingerprint density at radius 1 is 1.00 bits per heavy atom. The van der Waals surface area contributed by atoms with Crippen LogP contribution >= 0.6 is 0 Å². The quantitative estimate of drug-likeness (QED) is 0.645. The van der Waals surface area contributed by atoms with E-state index in [1.807, 2.05) is 0 Å². The number of unbranched alkanes of at least 4 members (excludes halogenated alkanes) is 3. The van der Waals surface area contributed by atoms with Gasteiger partial charge in [-0.1, -0.05) is 44.0 Å². The predicted octanol–water partition coefficient (Wildman–Crippen LogP) is 2.89. The normalized spacial score (nSPS) is 10.7. The maximum Gasteiger partial charge on any atom is 0.0431 e. The van der Waals surface area contributed by atoms with Crippen LogP contribution in [0.4, 0.5) is 0 Å². The number of rotatable bonds is 9. The van der Waals surface area contributed by atoms with Crippen LogP contribution in [0.1, 0.15) is 43.7 Å². The van der Waals surface area contributed by atoms with E-state index < -0.39 is 0 Å². The smallest absolute Gasteiger partial charge is 0.0431 e. The average Bonchev–Trinajstić information content (AvgIpc) is 2.38. The summed E-state index contributed by atoms with van der Waals surface area (Å²) in [6.07, 6.45) is 5.61. The van der Waals surface area contributed by atoms with Gasteiger partial charge in [0, 0.05) is 13.2 Å². The first-order valence-electron chi connectivity index (χ1n) is 6.76. The molecule has 2 heteroatoms. The van der Waals surface area contributed by atoms with Gasteiger partial charge in [0.2, 0.25) is 0 Å². The van der Waals surface area contributed by atoms with Crippen molar-refractivity contribution >= 4 is 0 Å². The second-order valence-corrected chi connectivity index (χ2v) is 4.44. The lowest BCUT2D eigenvalue weighted by atomic mass is 10.1. The first-order chi connectivity index (χ1) is 8.38. The van der Waals surface area contributed by atoms with Gasteiger partial charge in [0.1, 0.15) is 0 Å². The molecule has 0 fully saturated rings. The maximum atomic E-state index is 8.66. The Morgan fingerprint density at radius 2 is 1.71 bits per heavy atom. The van der Waals surface area contributed by atoms with E-state index >= 15 is 0 Å². The predicted molar refractivity (Wildman–Crippen MR) is 73.1 cm³/mol. The van der Waals surface area contributed by atoms with Crippen LogP contribution in [-0.4, -0.2) is 18.3 Å². The SMILES string of the molecule is CCc1ccccc1CNCCCCCCO. The third-order valence-corrected chi connectivity index (χ3v) is 3.08. The molecule has 0 spiro atoms. The van der Waals surface area contributed by atoms with Crippen molar-refractivity contribution < 1.29 is 5.11 Å². The summed E-state index contributed by atoms with van der Waals surface area (Å²) >= 11 is 0. The lowest BCUT2D eigenvalue weighted by molar-refractivity contribution is 0.282. The molecule has 0 atom stereocenters. The molecule has 96 valence electrons. The van der Waals surface area contributed by atoms with Gasteiger partial charge in [0.25, 0.3) is 0 Å². The largest absolute Gasteiger partial charge is 0.396 e. The van der Waals surface area contributed by atoms with Crippen molar-refractivity contribution in [1.29, 1.82) is 0 Å². The second kappa shape index (κ2) is 9.20. The summed E-state index contributed by atoms with van der Waals surface area (Å²) in [5.41, 5.74) is 2.87. The highest BCUT2D eigenvalue weighted by molar-refractivity contribution is 5.26. The molecule has 0 aliphatic heterocycles. The fourth-order valence-corrected chi connectivity index (χ4v) is 2.01. The van der Waals surface area contributed by atoms with Gasteiger partial charge in [0.15, 0.2) is 0 Å². The van der Waals surface area contributed by atoms with Crippen molar-refractivity contribution in [2.75, 3.05) is 13.2 Å². The van der Waals surface area contributed by atoms with Crippen LogP contribution in [0.3, 0.4) is 0 Å². The van der Waals surface area contributed by atoms with Crippen LogP contribution in [0.25, 0.3) is 0 Å². The third-order valence-electron chi connectivity index (χ3n) is 3.08. The Hall–Kier alpha value is -0.860. The number of benzene rings is 1. The number of hydrogen-bond donors (Lipinski definition) is 2. The van der Waals surface area contributed by atoms with Gasteiger partial charge in [-0.2, -0.15) is 0 Å². The Morgan fingerprint density at radius 3 is 2.41 bits per heavy atom. The molecule has 0 saturated heterocycles. The van der Waals surface area contributed by atoms with Gasteiger partial charge in [-0.25, -0.2) is 0 Å². The highest BCUT2D eigenvalue weighted by Gasteiger charge is 1.98. The number of hydrogen-bond acceptors (Lipinski definition) is 2. The molecule has 2 nitrogen and oxygen atoms in total. The molecular weight excluding hydrogens is 210 g/mol. The van der Waals surface area contributed by atoms with E-state index in [1.54, 1.807) is 0 Å². The van der Waals surface area contributed by atoms with Crippen molar-refractivity contribution in [1.82, 2.24) is 5.32 Å². The van der Waals surface area contributed by atoms with E-state index in [1.165, 1.54) is 24.0 Å². The monoisotopic (exact) mass is 235 g/mol. The average molecular weight is 235 g/mol. The molecule has 0 unspecified atom stereocenters. The molecule has 1 rings (SSSR count). The van der Waals surface area contributed by atoms with Crippen LogP contribution in [0.5, 0.6) is 0 Å². The summed E-state index contributed by atoms with van der Waals surface area (Å²) in [7, 11) is 0. The minimum absolute atomic E-state index is 0.331. The molecule has 1 aromatic rings. The summed E-state index contributed by atoms with van der Waals surface area (Å²) in [5.74, 6) is 0. The number of aliphatic hydroxyl groups excluding tert-OH is 1. The van der Waals surface area contributed by atoms with Crippen LogP contribution in [0.15, 0.2) is 24.3 Å². The first-order valence-corrected chi connectivity index (χ1v) is 6.76. The summed E-state index contributed by atoms with van der Waals surface area (Å²) in [4.78, 5) is 0. The fraction of sp³-hybridized carbons (Fsp3) is 0.600. The molecule has 0 aromatic heterocycles. The highest BCUT2D eigenvalue weighted by atomic mass is 16.2. The zero-order valence-electron chi connectivity index (χ0n) is 10.9. The van der Waals surface area contributed by atoms with Gasteiger partial charge >= 0.3 is 0 Å². The molecule has 0 saturated carbocycles. The molecule has 0 bridgehead atoms. The van der Waals surface area contributed by atoms with Gasteiger partial charge in [-0.05, 0) is 36.9 Å². The molecule has 0 aliphatic rings. The summed E-state index contributed by atoms with van der Waals surface area (Å²) in [6.45, 7) is 4.58. The Labute approximate surface area is 105 Å². The van der Waals surface area contributed by atoms with Crippen LogP contribution in [0, 0.1) is 0 Å². The summed E-state index contributed by atoms with van der Waals surface area (Å²) < 4.78 is 0. The Bertz CT molecular complexity index is 299. The number of aryl methyl sites for hydroxylation is 1. The second-order valence-electron chi connectivity index (χ2n) is 4.44. The molecule has 2 N–H and O–H groups in total. The molecule has 0 amide bonds. The van der Waals surface area contributed by atoms with E-state index in [-0.39, 0.29) is 0 Å². The number of aliphatic hydroxyl groups is 1. The van der Waals surface area contributed by atoms with Gasteiger partial charge in [-0.15, -0.1) is 0 Å². The lowest BCUT2D eigenvalue weighted by Gasteiger charge is -2.09. The fourth-order valence-electron chi connectivity index (χ4n) is 2.01. The van der Waals surface area contributed by atoms with Gasteiger partial charge in [-0.3, -0.25) is 0 Å². The van der Waals surface area contributed by atoms with Crippen molar-refractivity contribution in [3.63, 3.8) is 0 Å². The molecule has 0 heterocycles. The Balaban J connectivity index is 2.13. The van der Waals surface area contributed by atoms with E-state index in [9.17, 15) is 0 Å². The molecule has 0 aliphatic carbocycles. The lowest BCUT2D eigenvalue weighted by Crippen LogP contribution is -2.15. The summed E-state index contributed by atoms with van der Waals surface area (Å²) in [5, 5.41) is 12.2. The third kappa shape index (κ3) is 5.85. The minimum atomic E-state index is 0.331. The first kappa shape index (κ1) is 14.2. The van der Waals surface area contributed by atoms with Crippen LogP contribution < -0.4 is 5.32 Å². The summed E-state index contributed by atoms with van der Waals surface area (Å²) in [6, 6.07) is 8.63. The topological polar surface area (TPSA) is 32.3 Å². The Kier molecular flexibility index (Phi) is 7.69. The van der Waals surface area contributed by atoms with Crippen molar-refractivity contribution in [3.8, 4) is 0 Å². The van der Waals surface area contributed by atoms with Crippen molar-refractivity contribution in [2.24, 2.45) is 0 Å². The highest BCUT2D eigenvalue weighted by Crippen LogP contribution is 2.09. The van der Waals surface area contributed by atoms with Crippen LogP contribution in [0.2, 0.25) is 0 Å². The molecule has 0 radical (unpaired) electrons. The van der Waals surface area contributed by atoms with E-state index in [4.69, 9.17) is 5.11 Å². The van der Waals surface area contributed by atoms with Gasteiger partial charge < -0.3 is 10.4 Å². The molecule has 1 aromatic carbocycles. The zero-order valence-corrected chi connectivity index (χ0v) is 10.9. The van der Waals surface area contributed by atoms with E-state index in [0.717, 1.165) is 32.4 Å². The maximum absolute atomic E-state index is 8.66. The van der Waals surface area contributed by atoms with Crippen molar-refractivity contribution in [3.05, 3.63) is 35.4 Å². The minimum Gasteiger partial charge on any atom is -0.396 e. The van der Waals surface area contributed by atoms with Crippen molar-refractivity contribution in [2.45, 2.75) is 45.6 Å². The molecular formula is C15H25NO. The molecule has 17 heavy (non-hydrogen) atoms.